The highest BCUT2D eigenvalue weighted by atomic mass is 79.9. The van der Waals surface area contributed by atoms with Gasteiger partial charge in [0.1, 0.15) is 6.61 Å². The largest absolute Gasteiger partial charge is 0.457 e. The zero-order chi connectivity index (χ0) is 25.1. The number of carbonyl (C=O) groups excluding carboxylic acids is 1. The molecule has 2 N–H and O–H groups in total. The number of para-hydroxylation sites is 1. The number of allylic oxidation sites excluding steroid dienone is 1. The van der Waals surface area contributed by atoms with Crippen LogP contribution in [0.3, 0.4) is 0 Å². The molecule has 36 heavy (non-hydrogen) atoms. The highest BCUT2D eigenvalue weighted by molar-refractivity contribution is 9.10. The molecule has 0 saturated heterocycles. The first kappa shape index (κ1) is 24.0. The van der Waals surface area contributed by atoms with E-state index in [4.69, 9.17) is 22.1 Å². The number of nitrogens with zero attached hydrogens (tertiary/aromatic N) is 2. The minimum atomic E-state index is -0.543. The fraction of sp³-hybridized carbons (Fsp3) is 0.107. The molecule has 1 unspecified atom stereocenters. The van der Waals surface area contributed by atoms with E-state index in [-0.39, 0.29) is 6.61 Å². The van der Waals surface area contributed by atoms with E-state index in [2.05, 4.69) is 26.6 Å². The van der Waals surface area contributed by atoms with Gasteiger partial charge < -0.3 is 15.4 Å². The third kappa shape index (κ3) is 5.10. The number of hydrogen-bond donors (Lipinski definition) is 2. The molecule has 0 amide bonds. The number of thiocarbonyl (C=S) groups is 1. The van der Waals surface area contributed by atoms with Gasteiger partial charge in [0.2, 0.25) is 0 Å². The molecule has 6 nitrogen and oxygen atoms in total. The van der Waals surface area contributed by atoms with E-state index in [0.29, 0.717) is 16.4 Å². The smallest absolute Gasteiger partial charge is 0.338 e. The van der Waals surface area contributed by atoms with Crippen LogP contribution in [0.1, 0.15) is 24.1 Å². The molecule has 1 aliphatic heterocycles. The van der Waals surface area contributed by atoms with E-state index in [9.17, 15) is 4.79 Å². The maximum atomic E-state index is 13.4. The Labute approximate surface area is 223 Å². The van der Waals surface area contributed by atoms with Crippen molar-refractivity contribution in [3.05, 3.63) is 118 Å². The normalized spacial score (nSPS) is 15.3. The lowest BCUT2D eigenvalue weighted by molar-refractivity contribution is -0.140. The summed E-state index contributed by atoms with van der Waals surface area (Å²) in [5, 5.41) is 11.7. The van der Waals surface area contributed by atoms with Crippen LogP contribution in [-0.4, -0.2) is 20.9 Å². The summed E-state index contributed by atoms with van der Waals surface area (Å²) >= 11 is 8.98. The lowest BCUT2D eigenvalue weighted by atomic mass is 9.94. The molecule has 1 aliphatic rings. The van der Waals surface area contributed by atoms with Crippen molar-refractivity contribution in [3.8, 4) is 16.9 Å². The molecule has 8 heteroatoms. The number of nitrogens with one attached hydrogen (secondary N) is 2. The van der Waals surface area contributed by atoms with Crippen LogP contribution in [0.15, 0.2) is 107 Å². The molecule has 3 aromatic carbocycles. The minimum Gasteiger partial charge on any atom is -0.457 e. The van der Waals surface area contributed by atoms with Gasteiger partial charge in [-0.3, -0.25) is 0 Å². The Morgan fingerprint density at radius 2 is 1.69 bits per heavy atom. The highest BCUT2D eigenvalue weighted by Gasteiger charge is 2.34. The van der Waals surface area contributed by atoms with Crippen molar-refractivity contribution in [1.82, 2.24) is 20.4 Å². The maximum absolute atomic E-state index is 13.4. The van der Waals surface area contributed by atoms with Gasteiger partial charge in [-0.25, -0.2) is 9.48 Å². The second-order valence-electron chi connectivity index (χ2n) is 8.35. The average Bonchev–Trinajstić information content (AvgIpc) is 3.34. The topological polar surface area (TPSA) is 68.2 Å². The summed E-state index contributed by atoms with van der Waals surface area (Å²) < 4.78 is 8.52. The first-order valence-corrected chi connectivity index (χ1v) is 12.6. The molecule has 180 valence electrons. The zero-order valence-corrected chi connectivity index (χ0v) is 21.8. The van der Waals surface area contributed by atoms with E-state index >= 15 is 0 Å². The Kier molecular flexibility index (Phi) is 6.97. The predicted molar refractivity (Wildman–Crippen MR) is 147 cm³/mol. The molecule has 0 saturated carbocycles. The van der Waals surface area contributed by atoms with Gasteiger partial charge >= 0.3 is 5.97 Å². The molecule has 5 rings (SSSR count). The van der Waals surface area contributed by atoms with E-state index in [0.717, 1.165) is 32.5 Å². The molecular weight excluding hydrogens is 536 g/mol. The number of benzene rings is 3. The number of ether oxygens (including phenoxy) is 1. The van der Waals surface area contributed by atoms with Gasteiger partial charge in [-0.05, 0) is 49.0 Å². The van der Waals surface area contributed by atoms with Crippen molar-refractivity contribution in [2.24, 2.45) is 0 Å². The summed E-state index contributed by atoms with van der Waals surface area (Å²) in [5.41, 5.74) is 5.42. The van der Waals surface area contributed by atoms with E-state index < -0.39 is 12.0 Å². The molecule has 2 heterocycles. The Morgan fingerprint density at radius 1 is 1.03 bits per heavy atom. The SMILES string of the molecule is CC1=C(C(=O)OCc2ccccc2)C(c2cn(-c3ccccc3)nc2-c2ccc(Br)cc2)NC(=S)N1. The van der Waals surface area contributed by atoms with E-state index in [1.54, 1.807) is 0 Å². The molecule has 4 aromatic rings. The molecular formula is C28H23BrN4O2S. The monoisotopic (exact) mass is 558 g/mol. The lowest BCUT2D eigenvalue weighted by Gasteiger charge is -2.29. The number of rotatable bonds is 6. The van der Waals surface area contributed by atoms with Crippen LogP contribution in [0.25, 0.3) is 16.9 Å². The van der Waals surface area contributed by atoms with Crippen LogP contribution in [0.4, 0.5) is 0 Å². The summed E-state index contributed by atoms with van der Waals surface area (Å²) in [5.74, 6) is -0.418. The van der Waals surface area contributed by atoms with Crippen molar-refractivity contribution in [3.63, 3.8) is 0 Å². The second kappa shape index (κ2) is 10.5. The quantitative estimate of drug-likeness (QED) is 0.229. The highest BCUT2D eigenvalue weighted by Crippen LogP contribution is 2.35. The second-order valence-corrected chi connectivity index (χ2v) is 9.68. The standard InChI is InChI=1S/C28H23BrN4O2S/c1-18-24(27(34)35-17-19-8-4-2-5-9-19)26(31-28(36)30-18)23-16-33(22-10-6-3-7-11-22)32-25(23)20-12-14-21(29)15-13-20/h2-16,26H,17H2,1H3,(H2,30,31,36). The minimum absolute atomic E-state index is 0.177. The zero-order valence-electron chi connectivity index (χ0n) is 19.4. The third-order valence-corrected chi connectivity index (χ3v) is 6.64. The number of hydrogen-bond acceptors (Lipinski definition) is 4. The van der Waals surface area contributed by atoms with Crippen molar-refractivity contribution in [2.75, 3.05) is 0 Å². The molecule has 0 bridgehead atoms. The summed E-state index contributed by atoms with van der Waals surface area (Å²) in [6, 6.07) is 26.9. The van der Waals surface area contributed by atoms with Crippen molar-refractivity contribution in [1.29, 1.82) is 0 Å². The van der Waals surface area contributed by atoms with E-state index in [1.807, 2.05) is 103 Å². The molecule has 0 radical (unpaired) electrons. The molecule has 1 atom stereocenters. The van der Waals surface area contributed by atoms with E-state index in [1.165, 1.54) is 0 Å². The summed E-state index contributed by atoms with van der Waals surface area (Å²) in [7, 11) is 0. The van der Waals surface area contributed by atoms with Crippen molar-refractivity contribution >= 4 is 39.2 Å². The maximum Gasteiger partial charge on any atom is 0.338 e. The van der Waals surface area contributed by atoms with Crippen LogP contribution < -0.4 is 10.6 Å². The number of carbonyl (C=O) groups is 1. The van der Waals surface area contributed by atoms with Gasteiger partial charge in [0.15, 0.2) is 5.11 Å². The molecule has 0 spiro atoms. The fourth-order valence-corrected chi connectivity index (χ4v) is 4.68. The van der Waals surface area contributed by atoms with Crippen molar-refractivity contribution in [2.45, 2.75) is 19.6 Å². The molecule has 1 aromatic heterocycles. The summed E-state index contributed by atoms with van der Waals surface area (Å²) in [6.07, 6.45) is 1.94. The van der Waals surface area contributed by atoms with Crippen LogP contribution in [0, 0.1) is 0 Å². The predicted octanol–water partition coefficient (Wildman–Crippen LogP) is 5.84. The average molecular weight is 559 g/mol. The third-order valence-electron chi connectivity index (χ3n) is 5.89. The Bertz CT molecular complexity index is 1430. The van der Waals surface area contributed by atoms with Crippen LogP contribution in [-0.2, 0) is 16.1 Å². The van der Waals surface area contributed by atoms with Gasteiger partial charge in [0, 0.05) is 27.5 Å². The first-order valence-electron chi connectivity index (χ1n) is 11.4. The van der Waals surface area contributed by atoms with Gasteiger partial charge in [-0.15, -0.1) is 0 Å². The molecule has 0 fully saturated rings. The summed E-state index contributed by atoms with van der Waals surface area (Å²) in [4.78, 5) is 13.4. The van der Waals surface area contributed by atoms with Crippen LogP contribution in [0.2, 0.25) is 0 Å². The Hall–Kier alpha value is -3.75. The van der Waals surface area contributed by atoms with Gasteiger partial charge in [-0.1, -0.05) is 76.6 Å². The Morgan fingerprint density at radius 3 is 2.39 bits per heavy atom. The van der Waals surface area contributed by atoms with Gasteiger partial charge in [0.05, 0.1) is 23.0 Å². The lowest BCUT2D eigenvalue weighted by Crippen LogP contribution is -2.45. The number of aromatic nitrogens is 2. The van der Waals surface area contributed by atoms with Crippen LogP contribution in [0.5, 0.6) is 0 Å². The van der Waals surface area contributed by atoms with Crippen molar-refractivity contribution < 1.29 is 9.53 Å². The van der Waals surface area contributed by atoms with Gasteiger partial charge in [0.25, 0.3) is 0 Å². The number of esters is 1. The first-order chi connectivity index (χ1) is 17.5. The summed E-state index contributed by atoms with van der Waals surface area (Å²) in [6.45, 7) is 2.01. The van der Waals surface area contributed by atoms with Crippen LogP contribution >= 0.6 is 28.1 Å². The molecule has 0 aliphatic carbocycles. The fourth-order valence-electron chi connectivity index (χ4n) is 4.14. The van der Waals surface area contributed by atoms with Gasteiger partial charge in [-0.2, -0.15) is 5.10 Å². The number of halogens is 1. The Balaban J connectivity index is 1.57.